The van der Waals surface area contributed by atoms with Gasteiger partial charge in [-0.2, -0.15) is 13.2 Å². The monoisotopic (exact) mass is 377 g/mol. The highest BCUT2D eigenvalue weighted by molar-refractivity contribution is 5.83. The van der Waals surface area contributed by atoms with E-state index in [2.05, 4.69) is 5.32 Å². The van der Waals surface area contributed by atoms with E-state index in [-0.39, 0.29) is 23.8 Å². The summed E-state index contributed by atoms with van der Waals surface area (Å²) in [6, 6.07) is 10.6. The summed E-state index contributed by atoms with van der Waals surface area (Å²) in [5.74, 6) is 0.387. The molecule has 1 amide bonds. The van der Waals surface area contributed by atoms with Gasteiger partial charge in [-0.15, -0.1) is 0 Å². The number of methoxy groups -OCH3 is 1. The summed E-state index contributed by atoms with van der Waals surface area (Å²) in [6.45, 7) is 3.86. The van der Waals surface area contributed by atoms with Crippen molar-refractivity contribution in [1.29, 1.82) is 0 Å². The van der Waals surface area contributed by atoms with Crippen molar-refractivity contribution in [1.82, 2.24) is 5.32 Å². The number of carbonyl (C=O) groups is 1. The van der Waals surface area contributed by atoms with Crippen molar-refractivity contribution in [3.05, 3.63) is 64.7 Å². The molecule has 0 saturated heterocycles. The molecule has 0 heterocycles. The Bertz CT molecular complexity index is 830. The molecule has 1 aliphatic rings. The van der Waals surface area contributed by atoms with E-state index in [0.717, 1.165) is 28.8 Å². The fourth-order valence-corrected chi connectivity index (χ4v) is 3.36. The maximum Gasteiger partial charge on any atom is 0.416 e. The van der Waals surface area contributed by atoms with E-state index in [1.807, 2.05) is 32.0 Å². The lowest BCUT2D eigenvalue weighted by Gasteiger charge is -2.18. The summed E-state index contributed by atoms with van der Waals surface area (Å²) in [5.41, 5.74) is 2.07. The Morgan fingerprint density at radius 3 is 2.44 bits per heavy atom. The highest BCUT2D eigenvalue weighted by atomic mass is 19.4. The molecule has 2 aromatic rings. The number of ether oxygens (including phenoxy) is 1. The van der Waals surface area contributed by atoms with Crippen LogP contribution in [0, 0.1) is 12.8 Å². The molecule has 3 rings (SSSR count). The minimum atomic E-state index is -4.35. The van der Waals surface area contributed by atoms with Crippen LogP contribution < -0.4 is 10.1 Å². The highest BCUT2D eigenvalue weighted by Gasteiger charge is 2.44. The fourth-order valence-electron chi connectivity index (χ4n) is 3.36. The third-order valence-corrected chi connectivity index (χ3v) is 5.00. The van der Waals surface area contributed by atoms with E-state index in [1.165, 1.54) is 12.1 Å². The molecule has 0 radical (unpaired) electrons. The number of hydrogen-bond donors (Lipinski definition) is 1. The van der Waals surface area contributed by atoms with Crippen LogP contribution in [-0.4, -0.2) is 13.0 Å². The Morgan fingerprint density at radius 1 is 1.19 bits per heavy atom. The van der Waals surface area contributed by atoms with Crippen LogP contribution in [0.2, 0.25) is 0 Å². The standard InChI is InChI=1S/C21H22F3NO2/c1-12-4-9-19(27-3)16(10-12)13(2)25-20(26)18-11-17(18)14-5-7-15(8-6-14)21(22,23)24/h4-10,13,17-18H,11H2,1-3H3,(H,25,26). The second-order valence-corrected chi connectivity index (χ2v) is 7.04. The van der Waals surface area contributed by atoms with Crippen molar-refractivity contribution in [3.63, 3.8) is 0 Å². The summed E-state index contributed by atoms with van der Waals surface area (Å²) in [4.78, 5) is 12.6. The van der Waals surface area contributed by atoms with Crippen LogP contribution in [0.4, 0.5) is 13.2 Å². The molecule has 0 aliphatic heterocycles. The first-order chi connectivity index (χ1) is 12.7. The zero-order chi connectivity index (χ0) is 19.8. The maximum absolute atomic E-state index is 12.7. The van der Waals surface area contributed by atoms with Gasteiger partial charge >= 0.3 is 6.18 Å². The molecule has 3 unspecified atom stereocenters. The van der Waals surface area contributed by atoms with Gasteiger partial charge in [-0.3, -0.25) is 4.79 Å². The third-order valence-electron chi connectivity index (χ3n) is 5.00. The van der Waals surface area contributed by atoms with Gasteiger partial charge in [0, 0.05) is 11.5 Å². The Morgan fingerprint density at radius 2 is 1.85 bits per heavy atom. The molecule has 1 aliphatic carbocycles. The van der Waals surface area contributed by atoms with E-state index in [0.29, 0.717) is 12.2 Å². The van der Waals surface area contributed by atoms with Gasteiger partial charge in [0.25, 0.3) is 0 Å². The summed E-state index contributed by atoms with van der Waals surface area (Å²) in [7, 11) is 1.59. The van der Waals surface area contributed by atoms with Gasteiger partial charge in [-0.05, 0) is 49.9 Å². The first-order valence-electron chi connectivity index (χ1n) is 8.82. The highest BCUT2D eigenvalue weighted by Crippen LogP contribution is 2.48. The number of amides is 1. The van der Waals surface area contributed by atoms with Crippen molar-refractivity contribution in [2.24, 2.45) is 5.92 Å². The zero-order valence-corrected chi connectivity index (χ0v) is 15.4. The molecule has 3 atom stereocenters. The van der Waals surface area contributed by atoms with Crippen LogP contribution in [0.1, 0.15) is 47.6 Å². The molecule has 1 fully saturated rings. The van der Waals surface area contributed by atoms with Crippen LogP contribution in [0.15, 0.2) is 42.5 Å². The van der Waals surface area contributed by atoms with Crippen LogP contribution in [0.5, 0.6) is 5.75 Å². The average Bonchev–Trinajstić information content (AvgIpc) is 3.42. The van der Waals surface area contributed by atoms with Crippen LogP contribution in [0.25, 0.3) is 0 Å². The molecule has 3 nitrogen and oxygen atoms in total. The first-order valence-corrected chi connectivity index (χ1v) is 8.82. The van der Waals surface area contributed by atoms with Crippen LogP contribution >= 0.6 is 0 Å². The van der Waals surface area contributed by atoms with Crippen molar-refractivity contribution in [2.75, 3.05) is 7.11 Å². The smallest absolute Gasteiger partial charge is 0.416 e. The number of carbonyl (C=O) groups excluding carboxylic acids is 1. The quantitative estimate of drug-likeness (QED) is 0.796. The SMILES string of the molecule is COc1ccc(C)cc1C(C)NC(=O)C1CC1c1ccc(C(F)(F)F)cc1. The second kappa shape index (κ2) is 7.25. The molecule has 0 aromatic heterocycles. The number of nitrogens with one attached hydrogen (secondary N) is 1. The number of alkyl halides is 3. The lowest BCUT2D eigenvalue weighted by molar-refractivity contribution is -0.137. The number of aryl methyl sites for hydroxylation is 1. The minimum absolute atomic E-state index is 0.0288. The van der Waals surface area contributed by atoms with E-state index in [1.54, 1.807) is 7.11 Å². The molecule has 6 heteroatoms. The van der Waals surface area contributed by atoms with Gasteiger partial charge in [0.15, 0.2) is 0 Å². The van der Waals surface area contributed by atoms with Crippen LogP contribution in [0.3, 0.4) is 0 Å². The van der Waals surface area contributed by atoms with Gasteiger partial charge in [0.05, 0.1) is 18.7 Å². The van der Waals surface area contributed by atoms with E-state index in [4.69, 9.17) is 4.74 Å². The molecular weight excluding hydrogens is 355 g/mol. The van der Waals surface area contributed by atoms with Gasteiger partial charge in [0.1, 0.15) is 5.75 Å². The number of rotatable bonds is 5. The molecule has 0 bridgehead atoms. The molecule has 27 heavy (non-hydrogen) atoms. The Labute approximate surface area is 156 Å². The molecule has 1 N–H and O–H groups in total. The van der Waals surface area contributed by atoms with Crippen molar-refractivity contribution >= 4 is 5.91 Å². The Kier molecular flexibility index (Phi) is 5.18. The average molecular weight is 377 g/mol. The molecule has 2 aromatic carbocycles. The van der Waals surface area contributed by atoms with Gasteiger partial charge in [-0.25, -0.2) is 0 Å². The Balaban J connectivity index is 1.64. The number of benzene rings is 2. The predicted molar refractivity (Wildman–Crippen MR) is 96.6 cm³/mol. The zero-order valence-electron chi connectivity index (χ0n) is 15.4. The van der Waals surface area contributed by atoms with Gasteiger partial charge in [0.2, 0.25) is 5.91 Å². The summed E-state index contributed by atoms with van der Waals surface area (Å²) < 4.78 is 43.4. The number of hydrogen-bond acceptors (Lipinski definition) is 2. The predicted octanol–water partition coefficient (Wildman–Crippen LogP) is 5.00. The lowest BCUT2D eigenvalue weighted by atomic mass is 10.0. The van der Waals surface area contributed by atoms with Crippen molar-refractivity contribution in [2.45, 2.75) is 38.4 Å². The Hall–Kier alpha value is -2.50. The minimum Gasteiger partial charge on any atom is -0.496 e. The molecule has 1 saturated carbocycles. The van der Waals surface area contributed by atoms with Crippen molar-refractivity contribution < 1.29 is 22.7 Å². The lowest BCUT2D eigenvalue weighted by Crippen LogP contribution is -2.28. The second-order valence-electron chi connectivity index (χ2n) is 7.04. The third kappa shape index (κ3) is 4.26. The van der Waals surface area contributed by atoms with E-state index in [9.17, 15) is 18.0 Å². The van der Waals surface area contributed by atoms with E-state index >= 15 is 0 Å². The molecular formula is C21H22F3NO2. The van der Waals surface area contributed by atoms with Gasteiger partial charge < -0.3 is 10.1 Å². The first kappa shape index (κ1) is 19.3. The van der Waals surface area contributed by atoms with Crippen LogP contribution in [-0.2, 0) is 11.0 Å². The van der Waals surface area contributed by atoms with Gasteiger partial charge in [-0.1, -0.05) is 29.8 Å². The summed E-state index contributed by atoms with van der Waals surface area (Å²) >= 11 is 0. The molecule has 0 spiro atoms. The molecule has 144 valence electrons. The van der Waals surface area contributed by atoms with Crippen molar-refractivity contribution in [3.8, 4) is 5.75 Å². The number of halogens is 3. The topological polar surface area (TPSA) is 38.3 Å². The summed E-state index contributed by atoms with van der Waals surface area (Å²) in [5, 5.41) is 3.00. The largest absolute Gasteiger partial charge is 0.496 e. The van der Waals surface area contributed by atoms with E-state index < -0.39 is 11.7 Å². The fraction of sp³-hybridized carbons (Fsp3) is 0.381. The normalized spacial score (nSPS) is 20.1. The summed E-state index contributed by atoms with van der Waals surface area (Å²) in [6.07, 6.45) is -3.70. The maximum atomic E-state index is 12.7.